The zero-order valence-corrected chi connectivity index (χ0v) is 12.4. The van der Waals surface area contributed by atoms with Crippen molar-refractivity contribution in [2.24, 2.45) is 5.92 Å². The van der Waals surface area contributed by atoms with Crippen LogP contribution in [0.25, 0.3) is 0 Å². The van der Waals surface area contributed by atoms with Crippen LogP contribution in [0.4, 0.5) is 0 Å². The second kappa shape index (κ2) is 5.40. The van der Waals surface area contributed by atoms with Gasteiger partial charge in [-0.2, -0.15) is 0 Å². The van der Waals surface area contributed by atoms with Crippen LogP contribution in [0.1, 0.15) is 37.3 Å². The molecule has 3 rings (SSSR count). The minimum absolute atomic E-state index is 0.00792. The zero-order valence-electron chi connectivity index (χ0n) is 12.4. The lowest BCUT2D eigenvalue weighted by Gasteiger charge is -2.32. The van der Waals surface area contributed by atoms with Crippen LogP contribution in [0.5, 0.6) is 0 Å². The first-order valence-electron chi connectivity index (χ1n) is 7.39. The Morgan fingerprint density at radius 1 is 1.24 bits per heavy atom. The van der Waals surface area contributed by atoms with Crippen molar-refractivity contribution in [1.82, 2.24) is 0 Å². The Balaban J connectivity index is 2.14. The molecule has 3 heteroatoms. The summed E-state index contributed by atoms with van der Waals surface area (Å²) in [7, 11) is 0. The molecule has 1 saturated heterocycles. The normalized spacial score (nSPS) is 25.3. The Labute approximate surface area is 124 Å². The lowest BCUT2D eigenvalue weighted by atomic mass is 9.65. The second-order valence-electron chi connectivity index (χ2n) is 6.14. The third kappa shape index (κ3) is 2.27. The van der Waals surface area contributed by atoms with E-state index in [9.17, 15) is 4.79 Å². The van der Waals surface area contributed by atoms with E-state index in [1.54, 1.807) is 12.5 Å². The van der Waals surface area contributed by atoms with E-state index in [0.717, 1.165) is 17.5 Å². The van der Waals surface area contributed by atoms with Crippen molar-refractivity contribution in [3.63, 3.8) is 0 Å². The summed E-state index contributed by atoms with van der Waals surface area (Å²) < 4.78 is 10.7. The maximum Gasteiger partial charge on any atom is 0.317 e. The minimum atomic E-state index is -0.612. The highest BCUT2D eigenvalue weighted by Crippen LogP contribution is 2.49. The molecule has 2 atom stereocenters. The second-order valence-corrected chi connectivity index (χ2v) is 6.14. The molecule has 3 nitrogen and oxygen atoms in total. The average molecular weight is 284 g/mol. The summed E-state index contributed by atoms with van der Waals surface area (Å²) in [4.78, 5) is 12.7. The monoisotopic (exact) mass is 284 g/mol. The van der Waals surface area contributed by atoms with E-state index >= 15 is 0 Å². The van der Waals surface area contributed by atoms with E-state index < -0.39 is 5.41 Å². The smallest absolute Gasteiger partial charge is 0.317 e. The molecule has 0 amide bonds. The molecule has 1 fully saturated rings. The maximum atomic E-state index is 12.7. The fourth-order valence-electron chi connectivity index (χ4n) is 3.47. The van der Waals surface area contributed by atoms with E-state index in [4.69, 9.17) is 9.15 Å². The van der Waals surface area contributed by atoms with Gasteiger partial charge in [-0.1, -0.05) is 44.2 Å². The largest absolute Gasteiger partial charge is 0.472 e. The Hall–Kier alpha value is -2.03. The molecule has 1 aliphatic heterocycles. The summed E-state index contributed by atoms with van der Waals surface area (Å²) in [6.45, 7) is 4.70. The van der Waals surface area contributed by atoms with Crippen molar-refractivity contribution >= 4 is 5.97 Å². The molecular weight excluding hydrogens is 264 g/mol. The first-order chi connectivity index (χ1) is 10.1. The molecule has 0 spiro atoms. The molecule has 0 aliphatic carbocycles. The number of furan rings is 1. The van der Waals surface area contributed by atoms with Crippen LogP contribution in [-0.4, -0.2) is 12.6 Å². The third-order valence-corrected chi connectivity index (χ3v) is 4.30. The van der Waals surface area contributed by atoms with Gasteiger partial charge in [-0.3, -0.25) is 4.79 Å². The molecule has 1 aromatic heterocycles. The van der Waals surface area contributed by atoms with Crippen molar-refractivity contribution in [1.29, 1.82) is 0 Å². The lowest BCUT2D eigenvalue weighted by Crippen LogP contribution is -2.38. The topological polar surface area (TPSA) is 39.4 Å². The number of rotatable bonds is 4. The molecule has 2 heterocycles. The van der Waals surface area contributed by atoms with Gasteiger partial charge in [0, 0.05) is 5.92 Å². The number of cyclic esters (lactones) is 1. The van der Waals surface area contributed by atoms with Crippen LogP contribution in [0.15, 0.2) is 53.3 Å². The SMILES string of the molecule is CC(C)CC1(c2ccccc2)C(=O)OCC1c1ccoc1. The summed E-state index contributed by atoms with van der Waals surface area (Å²) in [6, 6.07) is 11.9. The number of carbonyl (C=O) groups is 1. The van der Waals surface area contributed by atoms with Gasteiger partial charge in [-0.15, -0.1) is 0 Å². The molecule has 2 unspecified atom stereocenters. The van der Waals surface area contributed by atoms with Crippen LogP contribution in [0.2, 0.25) is 0 Å². The van der Waals surface area contributed by atoms with E-state index in [2.05, 4.69) is 13.8 Å². The molecule has 0 N–H and O–H groups in total. The van der Waals surface area contributed by atoms with Gasteiger partial charge in [0.2, 0.25) is 0 Å². The van der Waals surface area contributed by atoms with Gasteiger partial charge in [0.1, 0.15) is 5.41 Å². The summed E-state index contributed by atoms with van der Waals surface area (Å²) in [5, 5.41) is 0. The molecule has 110 valence electrons. The Kier molecular flexibility index (Phi) is 3.58. The highest BCUT2D eigenvalue weighted by Gasteiger charge is 2.54. The van der Waals surface area contributed by atoms with Gasteiger partial charge in [0.05, 0.1) is 19.1 Å². The Bertz CT molecular complexity index is 601. The first-order valence-corrected chi connectivity index (χ1v) is 7.39. The van der Waals surface area contributed by atoms with E-state index in [1.807, 2.05) is 36.4 Å². The number of hydrogen-bond acceptors (Lipinski definition) is 3. The molecule has 0 saturated carbocycles. The molecule has 21 heavy (non-hydrogen) atoms. The first kappa shape index (κ1) is 13.9. The van der Waals surface area contributed by atoms with Crippen LogP contribution >= 0.6 is 0 Å². The van der Waals surface area contributed by atoms with Crippen LogP contribution in [0, 0.1) is 5.92 Å². The van der Waals surface area contributed by atoms with Crippen molar-refractivity contribution < 1.29 is 13.9 Å². The molecule has 1 aliphatic rings. The van der Waals surface area contributed by atoms with Gasteiger partial charge in [0.15, 0.2) is 0 Å². The molecular formula is C18H20O3. The standard InChI is InChI=1S/C18H20O3/c1-13(2)10-18(15-6-4-3-5-7-15)16(12-21-17(18)19)14-8-9-20-11-14/h3-9,11,13,16H,10,12H2,1-2H3. The van der Waals surface area contributed by atoms with Crippen molar-refractivity contribution in [3.05, 3.63) is 60.1 Å². The summed E-state index contributed by atoms with van der Waals surface area (Å²) in [5.41, 5.74) is 1.46. The lowest BCUT2D eigenvalue weighted by molar-refractivity contribution is -0.143. The Morgan fingerprint density at radius 3 is 2.62 bits per heavy atom. The van der Waals surface area contributed by atoms with E-state index in [0.29, 0.717) is 12.5 Å². The zero-order chi connectivity index (χ0) is 14.9. The predicted octanol–water partition coefficient (Wildman–Crippen LogP) is 3.90. The highest BCUT2D eigenvalue weighted by molar-refractivity contribution is 5.87. The van der Waals surface area contributed by atoms with Gasteiger partial charge < -0.3 is 9.15 Å². The maximum absolute atomic E-state index is 12.7. The van der Waals surface area contributed by atoms with Gasteiger partial charge in [-0.05, 0) is 29.5 Å². The van der Waals surface area contributed by atoms with Crippen LogP contribution < -0.4 is 0 Å². The third-order valence-electron chi connectivity index (χ3n) is 4.30. The molecule has 0 radical (unpaired) electrons. The van der Waals surface area contributed by atoms with Crippen molar-refractivity contribution in [3.8, 4) is 0 Å². The summed E-state index contributed by atoms with van der Waals surface area (Å²) >= 11 is 0. The highest BCUT2D eigenvalue weighted by atomic mass is 16.5. The van der Waals surface area contributed by atoms with Gasteiger partial charge >= 0.3 is 5.97 Å². The van der Waals surface area contributed by atoms with Gasteiger partial charge in [0.25, 0.3) is 0 Å². The summed E-state index contributed by atoms with van der Waals surface area (Å²) in [5.74, 6) is 0.285. The molecule has 1 aromatic carbocycles. The van der Waals surface area contributed by atoms with Crippen molar-refractivity contribution in [2.75, 3.05) is 6.61 Å². The minimum Gasteiger partial charge on any atom is -0.472 e. The molecule has 2 aromatic rings. The fraction of sp³-hybridized carbons (Fsp3) is 0.389. The van der Waals surface area contributed by atoms with E-state index in [-0.39, 0.29) is 11.9 Å². The Morgan fingerprint density at radius 2 is 2.00 bits per heavy atom. The fourth-order valence-corrected chi connectivity index (χ4v) is 3.47. The van der Waals surface area contributed by atoms with Crippen molar-refractivity contribution in [2.45, 2.75) is 31.6 Å². The summed E-state index contributed by atoms with van der Waals surface area (Å²) in [6.07, 6.45) is 4.15. The average Bonchev–Trinajstić information content (AvgIpc) is 3.09. The number of carbonyl (C=O) groups excluding carboxylic acids is 1. The van der Waals surface area contributed by atoms with Crippen LogP contribution in [-0.2, 0) is 14.9 Å². The number of ether oxygens (including phenoxy) is 1. The van der Waals surface area contributed by atoms with Gasteiger partial charge in [-0.25, -0.2) is 0 Å². The van der Waals surface area contributed by atoms with E-state index in [1.165, 1.54) is 0 Å². The van der Waals surface area contributed by atoms with Crippen LogP contribution in [0.3, 0.4) is 0 Å². The predicted molar refractivity (Wildman–Crippen MR) is 80.0 cm³/mol. The quantitative estimate of drug-likeness (QED) is 0.799. The number of hydrogen-bond donors (Lipinski definition) is 0. The molecule has 0 bridgehead atoms. The number of esters is 1. The number of benzene rings is 1.